The first-order valence-corrected chi connectivity index (χ1v) is 6.53. The van der Waals surface area contributed by atoms with Gasteiger partial charge in [-0.15, -0.1) is 11.3 Å². The van der Waals surface area contributed by atoms with Crippen molar-refractivity contribution in [3.63, 3.8) is 0 Å². The summed E-state index contributed by atoms with van der Waals surface area (Å²) in [5, 5.41) is 3.31. The van der Waals surface area contributed by atoms with Gasteiger partial charge >= 0.3 is 0 Å². The number of hydrogen-bond acceptors (Lipinski definition) is 4. The number of nitrogens with one attached hydrogen (secondary N) is 1. The van der Waals surface area contributed by atoms with E-state index in [2.05, 4.69) is 16.4 Å². The second-order valence-corrected chi connectivity index (χ2v) is 5.04. The largest absolute Gasteiger partial charge is 0.359 e. The third kappa shape index (κ3) is 2.22. The highest BCUT2D eigenvalue weighted by molar-refractivity contribution is 7.16. The number of fused-ring (bicyclic) bond motifs is 1. The fourth-order valence-corrected chi connectivity index (χ4v) is 2.72. The van der Waals surface area contributed by atoms with Gasteiger partial charge < -0.3 is 5.32 Å². The number of rotatable bonds is 2. The monoisotopic (exact) mass is 244 g/mol. The van der Waals surface area contributed by atoms with Gasteiger partial charge in [0.15, 0.2) is 5.78 Å². The first kappa shape index (κ1) is 10.5. The van der Waals surface area contributed by atoms with Crippen LogP contribution in [0.1, 0.15) is 19.3 Å². The summed E-state index contributed by atoms with van der Waals surface area (Å²) in [7, 11) is 0. The fourth-order valence-electron chi connectivity index (χ4n) is 2.01. The summed E-state index contributed by atoms with van der Waals surface area (Å²) in [4.78, 5) is 15.6. The molecule has 4 heteroatoms. The lowest BCUT2D eigenvalue weighted by molar-refractivity contribution is -0.115. The maximum absolute atomic E-state index is 11.3. The number of benzene rings is 1. The Morgan fingerprint density at radius 3 is 3.12 bits per heavy atom. The number of hydrogen-bond donors (Lipinski definition) is 1. The normalized spacial score (nSPS) is 16.0. The van der Waals surface area contributed by atoms with Crippen molar-refractivity contribution in [1.29, 1.82) is 0 Å². The van der Waals surface area contributed by atoms with E-state index < -0.39 is 0 Å². The zero-order valence-corrected chi connectivity index (χ0v) is 10.1. The van der Waals surface area contributed by atoms with Gasteiger partial charge in [-0.1, -0.05) is 0 Å². The van der Waals surface area contributed by atoms with Crippen molar-refractivity contribution in [3.8, 4) is 0 Å². The lowest BCUT2D eigenvalue weighted by Crippen LogP contribution is -2.08. The summed E-state index contributed by atoms with van der Waals surface area (Å²) in [5.41, 5.74) is 4.92. The van der Waals surface area contributed by atoms with Gasteiger partial charge in [-0.2, -0.15) is 0 Å². The van der Waals surface area contributed by atoms with Crippen molar-refractivity contribution < 1.29 is 4.79 Å². The first-order chi connectivity index (χ1) is 8.31. The van der Waals surface area contributed by atoms with E-state index in [0.717, 1.165) is 34.4 Å². The van der Waals surface area contributed by atoms with E-state index in [9.17, 15) is 4.79 Å². The third-order valence-corrected chi connectivity index (χ3v) is 3.63. The molecule has 17 heavy (non-hydrogen) atoms. The maximum Gasteiger partial charge on any atom is 0.157 e. The van der Waals surface area contributed by atoms with Crippen LogP contribution >= 0.6 is 11.3 Å². The van der Waals surface area contributed by atoms with E-state index in [-0.39, 0.29) is 5.78 Å². The van der Waals surface area contributed by atoms with Gasteiger partial charge in [0.1, 0.15) is 0 Å². The van der Waals surface area contributed by atoms with Crippen LogP contribution < -0.4 is 5.32 Å². The summed E-state index contributed by atoms with van der Waals surface area (Å²) >= 11 is 1.63. The van der Waals surface area contributed by atoms with E-state index in [4.69, 9.17) is 0 Å². The summed E-state index contributed by atoms with van der Waals surface area (Å²) in [5.74, 6) is 0.220. The Morgan fingerprint density at radius 2 is 2.24 bits per heavy atom. The molecule has 0 amide bonds. The molecule has 0 radical (unpaired) electrons. The standard InChI is InChI=1S/C13H12N2OS/c16-11-3-1-2-9(6-11)15-10-4-5-12-13(7-10)17-8-14-12/h4-8,15H,1-3H2. The summed E-state index contributed by atoms with van der Waals surface area (Å²) in [6, 6.07) is 6.08. The SMILES string of the molecule is O=C1C=C(Nc2ccc3ncsc3c2)CCC1. The molecule has 1 heterocycles. The lowest BCUT2D eigenvalue weighted by atomic mass is 10.0. The molecule has 3 nitrogen and oxygen atoms in total. The minimum atomic E-state index is 0.220. The number of allylic oxidation sites excluding steroid dienone is 2. The highest BCUT2D eigenvalue weighted by Gasteiger charge is 2.10. The Morgan fingerprint density at radius 1 is 1.29 bits per heavy atom. The number of nitrogens with zero attached hydrogens (tertiary/aromatic N) is 1. The predicted molar refractivity (Wildman–Crippen MR) is 70.2 cm³/mol. The Balaban J connectivity index is 1.86. The fraction of sp³-hybridized carbons (Fsp3) is 0.231. The molecule has 0 bridgehead atoms. The van der Waals surface area contributed by atoms with Crippen LogP contribution in [-0.2, 0) is 4.79 Å². The molecule has 0 aliphatic heterocycles. The number of thiazole rings is 1. The van der Waals surface area contributed by atoms with E-state index in [1.54, 1.807) is 17.4 Å². The number of anilines is 1. The van der Waals surface area contributed by atoms with Crippen molar-refractivity contribution in [2.24, 2.45) is 0 Å². The van der Waals surface area contributed by atoms with Crippen molar-refractivity contribution in [1.82, 2.24) is 4.98 Å². The van der Waals surface area contributed by atoms with Crippen LogP contribution in [0.3, 0.4) is 0 Å². The lowest BCUT2D eigenvalue weighted by Gasteiger charge is -2.14. The molecule has 0 spiro atoms. The third-order valence-electron chi connectivity index (χ3n) is 2.84. The number of carbonyl (C=O) groups excluding carboxylic acids is 1. The molecule has 1 aromatic heterocycles. The number of ketones is 1. The molecule has 3 rings (SSSR count). The van der Waals surface area contributed by atoms with E-state index in [0.29, 0.717) is 6.42 Å². The Labute approximate surface area is 103 Å². The van der Waals surface area contributed by atoms with Gasteiger partial charge in [0.2, 0.25) is 0 Å². The zero-order chi connectivity index (χ0) is 11.7. The topological polar surface area (TPSA) is 42.0 Å². The number of carbonyl (C=O) groups is 1. The van der Waals surface area contributed by atoms with Gasteiger partial charge in [0.25, 0.3) is 0 Å². The predicted octanol–water partition coefficient (Wildman–Crippen LogP) is 3.35. The average Bonchev–Trinajstić information content (AvgIpc) is 2.76. The van der Waals surface area contributed by atoms with Crippen LogP contribution in [0.2, 0.25) is 0 Å². The minimum absolute atomic E-state index is 0.220. The highest BCUT2D eigenvalue weighted by atomic mass is 32.1. The summed E-state index contributed by atoms with van der Waals surface area (Å²) in [6.07, 6.45) is 4.30. The van der Waals surface area contributed by atoms with E-state index in [1.165, 1.54) is 0 Å². The smallest absolute Gasteiger partial charge is 0.157 e. The average molecular weight is 244 g/mol. The molecule has 1 aromatic carbocycles. The van der Waals surface area contributed by atoms with E-state index in [1.807, 2.05) is 17.6 Å². The molecule has 0 atom stereocenters. The van der Waals surface area contributed by atoms with E-state index >= 15 is 0 Å². The zero-order valence-electron chi connectivity index (χ0n) is 9.27. The van der Waals surface area contributed by atoms with Crippen LogP contribution in [0, 0.1) is 0 Å². The molecular weight excluding hydrogens is 232 g/mol. The number of aromatic nitrogens is 1. The first-order valence-electron chi connectivity index (χ1n) is 5.65. The quantitative estimate of drug-likeness (QED) is 0.881. The van der Waals surface area contributed by atoms with Crippen molar-refractivity contribution in [2.45, 2.75) is 19.3 Å². The molecule has 2 aromatic rings. The van der Waals surface area contributed by atoms with Crippen LogP contribution in [0.25, 0.3) is 10.2 Å². The van der Waals surface area contributed by atoms with Crippen LogP contribution in [0.15, 0.2) is 35.5 Å². The Bertz CT molecular complexity index is 600. The van der Waals surface area contributed by atoms with Gasteiger partial charge in [0, 0.05) is 23.9 Å². The maximum atomic E-state index is 11.3. The van der Waals surface area contributed by atoms with Crippen LogP contribution in [0.4, 0.5) is 5.69 Å². The molecule has 0 saturated heterocycles. The molecule has 0 saturated carbocycles. The minimum Gasteiger partial charge on any atom is -0.359 e. The van der Waals surface area contributed by atoms with Crippen molar-refractivity contribution in [2.75, 3.05) is 5.32 Å². The summed E-state index contributed by atoms with van der Waals surface area (Å²) < 4.78 is 1.16. The van der Waals surface area contributed by atoms with Crippen LogP contribution in [-0.4, -0.2) is 10.8 Å². The van der Waals surface area contributed by atoms with Crippen LogP contribution in [0.5, 0.6) is 0 Å². The highest BCUT2D eigenvalue weighted by Crippen LogP contribution is 2.24. The Kier molecular flexibility index (Phi) is 2.65. The second kappa shape index (κ2) is 4.30. The molecule has 1 aliphatic carbocycles. The van der Waals surface area contributed by atoms with Crippen molar-refractivity contribution in [3.05, 3.63) is 35.5 Å². The molecule has 0 unspecified atom stereocenters. The molecule has 0 fully saturated rings. The van der Waals surface area contributed by atoms with Crippen molar-refractivity contribution >= 4 is 33.0 Å². The second-order valence-electron chi connectivity index (χ2n) is 4.15. The Hall–Kier alpha value is -1.68. The summed E-state index contributed by atoms with van der Waals surface area (Å²) in [6.45, 7) is 0. The molecular formula is C13H12N2OS. The van der Waals surface area contributed by atoms with Gasteiger partial charge in [-0.05, 0) is 31.0 Å². The van der Waals surface area contributed by atoms with Gasteiger partial charge in [-0.3, -0.25) is 4.79 Å². The molecule has 1 aliphatic rings. The van der Waals surface area contributed by atoms with Gasteiger partial charge in [-0.25, -0.2) is 4.98 Å². The molecule has 1 N–H and O–H groups in total. The van der Waals surface area contributed by atoms with Gasteiger partial charge in [0.05, 0.1) is 15.7 Å². The molecule has 86 valence electrons.